The van der Waals surface area contributed by atoms with Crippen LogP contribution in [0.4, 0.5) is 5.13 Å². The average Bonchev–Trinajstić information content (AvgIpc) is 3.21. The molecule has 1 amide bonds. The van der Waals surface area contributed by atoms with Gasteiger partial charge < -0.3 is 4.74 Å². The molecule has 0 saturated heterocycles. The standard InChI is InChI=1S/C25H25N3O2S/c1-16-8-9-17(2)19(13-16)14-22(29)28(15-20-7-5-6-12-26-20)25-27-23-21(30-4)11-10-18(3)24(23)31-25/h5-13H,14-15H2,1-4H3. The molecule has 0 radical (unpaired) electrons. The molecular weight excluding hydrogens is 406 g/mol. The van der Waals surface area contributed by atoms with Gasteiger partial charge >= 0.3 is 0 Å². The Morgan fingerprint density at radius 2 is 1.87 bits per heavy atom. The minimum absolute atomic E-state index is 0.00460. The van der Waals surface area contributed by atoms with E-state index in [1.807, 2.05) is 51.1 Å². The Balaban J connectivity index is 1.76. The maximum Gasteiger partial charge on any atom is 0.233 e. The van der Waals surface area contributed by atoms with Crippen LogP contribution in [0.2, 0.25) is 0 Å². The van der Waals surface area contributed by atoms with Gasteiger partial charge in [0, 0.05) is 6.20 Å². The van der Waals surface area contributed by atoms with Crippen LogP contribution in [-0.4, -0.2) is 23.0 Å². The van der Waals surface area contributed by atoms with E-state index < -0.39 is 0 Å². The second kappa shape index (κ2) is 8.86. The lowest BCUT2D eigenvalue weighted by atomic mass is 10.0. The zero-order valence-electron chi connectivity index (χ0n) is 18.2. The number of aryl methyl sites for hydroxylation is 3. The van der Waals surface area contributed by atoms with Crippen molar-refractivity contribution in [1.29, 1.82) is 0 Å². The number of methoxy groups -OCH3 is 1. The van der Waals surface area contributed by atoms with Crippen molar-refractivity contribution in [1.82, 2.24) is 9.97 Å². The van der Waals surface area contributed by atoms with Gasteiger partial charge in [0.1, 0.15) is 11.3 Å². The van der Waals surface area contributed by atoms with Gasteiger partial charge in [0.2, 0.25) is 5.91 Å². The number of amides is 1. The molecule has 4 aromatic rings. The van der Waals surface area contributed by atoms with Crippen LogP contribution in [0.1, 0.15) is 27.9 Å². The monoisotopic (exact) mass is 431 g/mol. The first-order valence-corrected chi connectivity index (χ1v) is 11.0. The number of thiazole rings is 1. The highest BCUT2D eigenvalue weighted by Crippen LogP contribution is 2.37. The molecule has 0 N–H and O–H groups in total. The number of fused-ring (bicyclic) bond motifs is 1. The molecule has 0 bridgehead atoms. The highest BCUT2D eigenvalue weighted by Gasteiger charge is 2.23. The fourth-order valence-electron chi connectivity index (χ4n) is 3.54. The molecule has 0 unspecified atom stereocenters. The van der Waals surface area contributed by atoms with Gasteiger partial charge in [0.15, 0.2) is 5.13 Å². The normalized spacial score (nSPS) is 11.0. The Kier molecular flexibility index (Phi) is 6.00. The minimum Gasteiger partial charge on any atom is -0.494 e. The van der Waals surface area contributed by atoms with Crippen LogP contribution in [-0.2, 0) is 17.8 Å². The molecule has 0 atom stereocenters. The molecule has 5 nitrogen and oxygen atoms in total. The lowest BCUT2D eigenvalue weighted by molar-refractivity contribution is -0.118. The van der Waals surface area contributed by atoms with Crippen LogP contribution >= 0.6 is 11.3 Å². The third-order valence-corrected chi connectivity index (χ3v) is 6.55. The Morgan fingerprint density at radius 3 is 2.61 bits per heavy atom. The highest BCUT2D eigenvalue weighted by molar-refractivity contribution is 7.22. The smallest absolute Gasteiger partial charge is 0.233 e. The number of carbonyl (C=O) groups excluding carboxylic acids is 1. The number of pyridine rings is 1. The summed E-state index contributed by atoms with van der Waals surface area (Å²) in [7, 11) is 1.64. The van der Waals surface area contributed by atoms with E-state index >= 15 is 0 Å². The number of carbonyl (C=O) groups is 1. The Hall–Kier alpha value is -3.25. The number of anilines is 1. The third kappa shape index (κ3) is 4.44. The molecule has 2 aromatic heterocycles. The lowest BCUT2D eigenvalue weighted by Gasteiger charge is -2.20. The molecule has 0 aliphatic heterocycles. The van der Waals surface area contributed by atoms with Gasteiger partial charge in [-0.3, -0.25) is 14.7 Å². The molecule has 2 aromatic carbocycles. The van der Waals surface area contributed by atoms with Crippen molar-refractivity contribution in [2.24, 2.45) is 0 Å². The van der Waals surface area contributed by atoms with Crippen LogP contribution in [0.15, 0.2) is 54.7 Å². The van der Waals surface area contributed by atoms with Gasteiger partial charge in [-0.2, -0.15) is 0 Å². The SMILES string of the molecule is COc1ccc(C)c2sc(N(Cc3ccccn3)C(=O)Cc3cc(C)ccc3C)nc12. The van der Waals surface area contributed by atoms with Crippen molar-refractivity contribution in [2.45, 2.75) is 33.7 Å². The fraction of sp³-hybridized carbons (Fsp3) is 0.240. The van der Waals surface area contributed by atoms with Gasteiger partial charge in [-0.15, -0.1) is 0 Å². The van der Waals surface area contributed by atoms with Crippen LogP contribution in [0.3, 0.4) is 0 Å². The van der Waals surface area contributed by atoms with Gasteiger partial charge in [0.25, 0.3) is 0 Å². The van der Waals surface area contributed by atoms with Crippen molar-refractivity contribution < 1.29 is 9.53 Å². The summed E-state index contributed by atoms with van der Waals surface area (Å²) in [5, 5.41) is 0.656. The van der Waals surface area contributed by atoms with Gasteiger partial charge in [0.05, 0.1) is 30.5 Å². The minimum atomic E-state index is -0.00460. The second-order valence-electron chi connectivity index (χ2n) is 7.67. The van der Waals surface area contributed by atoms with E-state index in [0.717, 1.165) is 38.2 Å². The van der Waals surface area contributed by atoms with Crippen molar-refractivity contribution in [3.05, 3.63) is 82.7 Å². The summed E-state index contributed by atoms with van der Waals surface area (Å²) in [6, 6.07) is 15.9. The maximum absolute atomic E-state index is 13.5. The molecule has 6 heteroatoms. The quantitative estimate of drug-likeness (QED) is 0.410. The molecule has 0 fully saturated rings. The summed E-state index contributed by atoms with van der Waals surface area (Å²) in [5.74, 6) is 0.706. The third-order valence-electron chi connectivity index (χ3n) is 5.34. The molecule has 0 aliphatic carbocycles. The molecule has 0 saturated carbocycles. The summed E-state index contributed by atoms with van der Waals surface area (Å²) in [5.41, 5.74) is 6.00. The summed E-state index contributed by atoms with van der Waals surface area (Å²) in [6.45, 7) is 6.50. The first kappa shape index (κ1) is 21.0. The van der Waals surface area contributed by atoms with E-state index in [2.05, 4.69) is 23.2 Å². The van der Waals surface area contributed by atoms with E-state index in [1.165, 1.54) is 11.3 Å². The first-order valence-electron chi connectivity index (χ1n) is 10.2. The predicted molar refractivity (Wildman–Crippen MR) is 126 cm³/mol. The molecule has 31 heavy (non-hydrogen) atoms. The first-order chi connectivity index (χ1) is 15.0. The van der Waals surface area contributed by atoms with E-state index in [1.54, 1.807) is 18.2 Å². The Labute approximate surface area is 186 Å². The zero-order chi connectivity index (χ0) is 22.0. The molecule has 158 valence electrons. The Morgan fingerprint density at radius 1 is 1.06 bits per heavy atom. The largest absolute Gasteiger partial charge is 0.494 e. The van der Waals surface area contributed by atoms with E-state index in [9.17, 15) is 4.79 Å². The summed E-state index contributed by atoms with van der Waals surface area (Å²) in [4.78, 5) is 24.5. The van der Waals surface area contributed by atoms with Crippen LogP contribution in [0, 0.1) is 20.8 Å². The molecule has 2 heterocycles. The summed E-state index contributed by atoms with van der Waals surface area (Å²) >= 11 is 1.51. The zero-order valence-corrected chi connectivity index (χ0v) is 19.0. The van der Waals surface area contributed by atoms with Crippen molar-refractivity contribution >= 4 is 32.6 Å². The van der Waals surface area contributed by atoms with Crippen molar-refractivity contribution in [3.63, 3.8) is 0 Å². The predicted octanol–water partition coefficient (Wildman–Crippen LogP) is 5.40. The number of ether oxygens (including phenoxy) is 1. The Bertz CT molecular complexity index is 1230. The van der Waals surface area contributed by atoms with E-state index in [4.69, 9.17) is 9.72 Å². The van der Waals surface area contributed by atoms with E-state index in [-0.39, 0.29) is 5.91 Å². The number of benzene rings is 2. The topological polar surface area (TPSA) is 55.3 Å². The van der Waals surface area contributed by atoms with Crippen LogP contribution in [0.25, 0.3) is 10.2 Å². The van der Waals surface area contributed by atoms with Crippen molar-refractivity contribution in [2.75, 3.05) is 12.0 Å². The van der Waals surface area contributed by atoms with Crippen LogP contribution < -0.4 is 9.64 Å². The number of hydrogen-bond acceptors (Lipinski definition) is 5. The van der Waals surface area contributed by atoms with E-state index in [0.29, 0.717) is 23.8 Å². The average molecular weight is 432 g/mol. The molecular formula is C25H25N3O2S. The number of nitrogens with zero attached hydrogens (tertiary/aromatic N) is 3. The lowest BCUT2D eigenvalue weighted by Crippen LogP contribution is -2.32. The number of aromatic nitrogens is 2. The highest BCUT2D eigenvalue weighted by atomic mass is 32.1. The molecule has 0 aliphatic rings. The second-order valence-corrected chi connectivity index (χ2v) is 8.64. The molecule has 0 spiro atoms. The van der Waals surface area contributed by atoms with Gasteiger partial charge in [-0.05, 0) is 55.7 Å². The van der Waals surface area contributed by atoms with Gasteiger partial charge in [-0.1, -0.05) is 47.2 Å². The summed E-state index contributed by atoms with van der Waals surface area (Å²) in [6.07, 6.45) is 2.06. The van der Waals surface area contributed by atoms with Crippen LogP contribution in [0.5, 0.6) is 5.75 Å². The maximum atomic E-state index is 13.5. The van der Waals surface area contributed by atoms with Crippen molar-refractivity contribution in [3.8, 4) is 5.75 Å². The number of rotatable bonds is 6. The van der Waals surface area contributed by atoms with Gasteiger partial charge in [-0.25, -0.2) is 4.98 Å². The fourth-order valence-corrected chi connectivity index (χ4v) is 4.61. The number of hydrogen-bond donors (Lipinski definition) is 0. The molecule has 4 rings (SSSR count). The summed E-state index contributed by atoms with van der Waals surface area (Å²) < 4.78 is 6.53.